The fourth-order valence-corrected chi connectivity index (χ4v) is 2.47. The van der Waals surface area contributed by atoms with Crippen LogP contribution in [0.2, 0.25) is 0 Å². The van der Waals surface area contributed by atoms with Crippen LogP contribution in [0.15, 0.2) is 12.2 Å². The molecule has 0 aromatic rings. The van der Waals surface area contributed by atoms with Crippen molar-refractivity contribution in [3.63, 3.8) is 0 Å². The van der Waals surface area contributed by atoms with Gasteiger partial charge in [-0.15, -0.1) is 0 Å². The average Bonchev–Trinajstić information content (AvgIpc) is 2.64. The highest BCUT2D eigenvalue weighted by molar-refractivity contribution is 5.86. The van der Waals surface area contributed by atoms with Gasteiger partial charge in [-0.25, -0.2) is 9.59 Å². The molecule has 1 rings (SSSR count). The number of carboxylic acid groups (broad SMARTS) is 1. The SMILES string of the molecule is C=C(C)COCCNC(=O)NC1(C(=O)O)CCCCCC1. The van der Waals surface area contributed by atoms with Crippen molar-refractivity contribution in [3.05, 3.63) is 12.2 Å². The van der Waals surface area contributed by atoms with Crippen molar-refractivity contribution in [1.82, 2.24) is 10.6 Å². The molecule has 6 nitrogen and oxygen atoms in total. The number of hydrogen-bond donors (Lipinski definition) is 3. The maximum Gasteiger partial charge on any atom is 0.329 e. The molecule has 1 fully saturated rings. The normalized spacial score (nSPS) is 17.6. The molecule has 2 amide bonds. The first-order valence-corrected chi connectivity index (χ1v) is 7.48. The van der Waals surface area contributed by atoms with Crippen molar-refractivity contribution in [2.24, 2.45) is 0 Å². The lowest BCUT2D eigenvalue weighted by molar-refractivity contribution is -0.145. The molecule has 21 heavy (non-hydrogen) atoms. The Hall–Kier alpha value is -1.56. The van der Waals surface area contributed by atoms with Gasteiger partial charge in [-0.1, -0.05) is 37.8 Å². The second-order valence-electron chi connectivity index (χ2n) is 5.69. The number of amides is 2. The number of carboxylic acids is 1. The highest BCUT2D eigenvalue weighted by atomic mass is 16.5. The van der Waals surface area contributed by atoms with Gasteiger partial charge in [0, 0.05) is 6.54 Å². The summed E-state index contributed by atoms with van der Waals surface area (Å²) in [7, 11) is 0. The standard InChI is InChI=1S/C15H26N2O4/c1-12(2)11-21-10-9-16-14(20)17-15(13(18)19)7-5-3-4-6-8-15/h1,3-11H2,2H3,(H,18,19)(H2,16,17,20). The van der Waals surface area contributed by atoms with Gasteiger partial charge in [0.1, 0.15) is 5.54 Å². The predicted molar refractivity (Wildman–Crippen MR) is 80.2 cm³/mol. The molecule has 0 radical (unpaired) electrons. The molecular formula is C15H26N2O4. The van der Waals surface area contributed by atoms with Crippen LogP contribution in [0.5, 0.6) is 0 Å². The third kappa shape index (κ3) is 6.16. The van der Waals surface area contributed by atoms with Gasteiger partial charge >= 0.3 is 12.0 Å². The maximum atomic E-state index is 11.9. The number of aliphatic carboxylic acids is 1. The van der Waals surface area contributed by atoms with Crippen LogP contribution in [-0.2, 0) is 9.53 Å². The van der Waals surface area contributed by atoms with Crippen molar-refractivity contribution in [3.8, 4) is 0 Å². The van der Waals surface area contributed by atoms with Crippen LogP contribution >= 0.6 is 0 Å². The van der Waals surface area contributed by atoms with Crippen LogP contribution in [-0.4, -0.2) is 42.4 Å². The van der Waals surface area contributed by atoms with E-state index in [9.17, 15) is 14.7 Å². The summed E-state index contributed by atoms with van der Waals surface area (Å²) in [4.78, 5) is 23.4. The molecule has 0 aliphatic heterocycles. The smallest absolute Gasteiger partial charge is 0.329 e. The van der Waals surface area contributed by atoms with Crippen LogP contribution in [0.4, 0.5) is 4.79 Å². The lowest BCUT2D eigenvalue weighted by atomic mass is 9.90. The molecule has 0 saturated heterocycles. The minimum atomic E-state index is -1.13. The van der Waals surface area contributed by atoms with Gasteiger partial charge < -0.3 is 20.5 Å². The van der Waals surface area contributed by atoms with Gasteiger partial charge in [0.2, 0.25) is 0 Å². The van der Waals surface area contributed by atoms with E-state index in [4.69, 9.17) is 4.74 Å². The molecule has 1 aliphatic rings. The van der Waals surface area contributed by atoms with E-state index >= 15 is 0 Å². The Labute approximate surface area is 125 Å². The summed E-state index contributed by atoms with van der Waals surface area (Å²) < 4.78 is 5.27. The van der Waals surface area contributed by atoms with E-state index < -0.39 is 17.5 Å². The van der Waals surface area contributed by atoms with E-state index in [1.54, 1.807) is 0 Å². The Morgan fingerprint density at radius 3 is 2.38 bits per heavy atom. The molecule has 6 heteroatoms. The van der Waals surface area contributed by atoms with Gasteiger partial charge in [-0.3, -0.25) is 0 Å². The average molecular weight is 298 g/mol. The monoisotopic (exact) mass is 298 g/mol. The van der Waals surface area contributed by atoms with Gasteiger partial charge in [0.15, 0.2) is 0 Å². The number of ether oxygens (including phenoxy) is 1. The van der Waals surface area contributed by atoms with Crippen LogP contribution < -0.4 is 10.6 Å². The number of carbonyl (C=O) groups is 2. The van der Waals surface area contributed by atoms with Crippen molar-refractivity contribution in [2.45, 2.75) is 51.0 Å². The van der Waals surface area contributed by atoms with E-state index in [-0.39, 0.29) is 0 Å². The van der Waals surface area contributed by atoms with Crippen LogP contribution in [0.3, 0.4) is 0 Å². The molecule has 0 spiro atoms. The summed E-state index contributed by atoms with van der Waals surface area (Å²) in [6.45, 7) is 6.75. The molecule has 1 aliphatic carbocycles. The summed E-state index contributed by atoms with van der Waals surface area (Å²) in [5.41, 5.74) is -0.207. The second-order valence-corrected chi connectivity index (χ2v) is 5.69. The number of carbonyl (C=O) groups excluding carboxylic acids is 1. The second kappa shape index (κ2) is 8.67. The largest absolute Gasteiger partial charge is 0.480 e. The molecule has 120 valence electrons. The third-order valence-electron chi connectivity index (χ3n) is 3.60. The first-order valence-electron chi connectivity index (χ1n) is 7.48. The highest BCUT2D eigenvalue weighted by Crippen LogP contribution is 2.27. The molecule has 0 unspecified atom stereocenters. The molecule has 0 atom stereocenters. The maximum absolute atomic E-state index is 11.9. The molecule has 0 heterocycles. The zero-order chi connectivity index (χ0) is 15.7. The summed E-state index contributed by atoms with van der Waals surface area (Å²) in [5.74, 6) is -0.946. The Balaban J connectivity index is 2.38. The Kier molecular flexibility index (Phi) is 7.22. The van der Waals surface area contributed by atoms with Crippen molar-refractivity contribution in [2.75, 3.05) is 19.8 Å². The quantitative estimate of drug-likeness (QED) is 0.381. The van der Waals surface area contributed by atoms with Gasteiger partial charge in [0.25, 0.3) is 0 Å². The predicted octanol–water partition coefficient (Wildman–Crippen LogP) is 2.06. The highest BCUT2D eigenvalue weighted by Gasteiger charge is 2.39. The number of hydrogen-bond acceptors (Lipinski definition) is 3. The Morgan fingerprint density at radius 1 is 1.24 bits per heavy atom. The molecule has 3 N–H and O–H groups in total. The summed E-state index contributed by atoms with van der Waals surface area (Å²) >= 11 is 0. The minimum absolute atomic E-state index is 0.342. The lowest BCUT2D eigenvalue weighted by Crippen LogP contribution is -2.57. The Bertz CT molecular complexity index is 374. The Morgan fingerprint density at radius 2 is 1.86 bits per heavy atom. The number of rotatable bonds is 7. The van der Waals surface area contributed by atoms with E-state index in [1.807, 2.05) is 6.92 Å². The third-order valence-corrected chi connectivity index (χ3v) is 3.60. The zero-order valence-electron chi connectivity index (χ0n) is 12.7. The minimum Gasteiger partial charge on any atom is -0.480 e. The molecular weight excluding hydrogens is 272 g/mol. The molecule has 0 aromatic heterocycles. The topological polar surface area (TPSA) is 87.7 Å². The molecule has 0 bridgehead atoms. The summed E-state index contributed by atoms with van der Waals surface area (Å²) in [6.07, 6.45) is 4.67. The van der Waals surface area contributed by atoms with Crippen LogP contribution in [0.1, 0.15) is 45.4 Å². The van der Waals surface area contributed by atoms with E-state index in [2.05, 4.69) is 17.2 Å². The van der Waals surface area contributed by atoms with Gasteiger partial charge in [-0.2, -0.15) is 0 Å². The van der Waals surface area contributed by atoms with Crippen molar-refractivity contribution >= 4 is 12.0 Å². The molecule has 0 aromatic carbocycles. The van der Waals surface area contributed by atoms with Crippen molar-refractivity contribution < 1.29 is 19.4 Å². The van der Waals surface area contributed by atoms with Crippen LogP contribution in [0.25, 0.3) is 0 Å². The zero-order valence-corrected chi connectivity index (χ0v) is 12.7. The van der Waals surface area contributed by atoms with E-state index in [0.717, 1.165) is 31.3 Å². The van der Waals surface area contributed by atoms with E-state index in [0.29, 0.717) is 32.6 Å². The fourth-order valence-electron chi connectivity index (χ4n) is 2.47. The van der Waals surface area contributed by atoms with Gasteiger partial charge in [0.05, 0.1) is 13.2 Å². The number of nitrogens with one attached hydrogen (secondary N) is 2. The molecule has 1 saturated carbocycles. The van der Waals surface area contributed by atoms with Crippen molar-refractivity contribution in [1.29, 1.82) is 0 Å². The summed E-state index contributed by atoms with van der Waals surface area (Å²) in [6, 6.07) is -0.446. The first kappa shape index (κ1) is 17.5. The summed E-state index contributed by atoms with van der Waals surface area (Å²) in [5, 5.41) is 14.7. The fraction of sp³-hybridized carbons (Fsp3) is 0.733. The lowest BCUT2D eigenvalue weighted by Gasteiger charge is -2.29. The number of urea groups is 1. The van der Waals surface area contributed by atoms with E-state index in [1.165, 1.54) is 0 Å². The first-order chi connectivity index (χ1) is 9.96. The van der Waals surface area contributed by atoms with Gasteiger partial charge in [-0.05, 0) is 19.8 Å². The van der Waals surface area contributed by atoms with Crippen LogP contribution in [0, 0.1) is 0 Å².